The molecule has 2 unspecified atom stereocenters. The summed E-state index contributed by atoms with van der Waals surface area (Å²) in [5.74, 6) is 2.88. The van der Waals surface area contributed by atoms with Crippen LogP contribution in [0.2, 0.25) is 0 Å². The summed E-state index contributed by atoms with van der Waals surface area (Å²) in [6.07, 6.45) is 16.4. The van der Waals surface area contributed by atoms with Gasteiger partial charge in [0.25, 0.3) is 0 Å². The van der Waals surface area contributed by atoms with Gasteiger partial charge in [0.05, 0.1) is 0 Å². The Morgan fingerprint density at radius 3 is 2.55 bits per heavy atom. The zero-order chi connectivity index (χ0) is 23.4. The summed E-state index contributed by atoms with van der Waals surface area (Å²) in [6, 6.07) is 6.12. The van der Waals surface area contributed by atoms with Gasteiger partial charge in [-0.25, -0.2) is 0 Å². The second-order valence-corrected chi connectivity index (χ2v) is 12.1. The van der Waals surface area contributed by atoms with Crippen LogP contribution in [0.3, 0.4) is 0 Å². The van der Waals surface area contributed by atoms with Crippen LogP contribution in [-0.2, 0) is 16.0 Å². The van der Waals surface area contributed by atoms with E-state index in [4.69, 9.17) is 4.74 Å². The number of fused-ring (bicyclic) bond motifs is 5. The van der Waals surface area contributed by atoms with Gasteiger partial charge in [-0.3, -0.25) is 4.79 Å². The van der Waals surface area contributed by atoms with Gasteiger partial charge in [0.15, 0.2) is 0 Å². The lowest BCUT2D eigenvalue weighted by Gasteiger charge is -2.53. The molecule has 4 rings (SSSR count). The summed E-state index contributed by atoms with van der Waals surface area (Å²) in [4.78, 5) is 11.8. The lowest BCUT2D eigenvalue weighted by atomic mass is 9.52. The van der Waals surface area contributed by atoms with Crippen LogP contribution >= 0.6 is 15.9 Å². The summed E-state index contributed by atoms with van der Waals surface area (Å²) >= 11 is 3.53. The second kappa shape index (κ2) is 11.1. The molecule has 0 saturated heterocycles. The van der Waals surface area contributed by atoms with Crippen LogP contribution in [0, 0.1) is 23.2 Å². The predicted molar refractivity (Wildman–Crippen MR) is 138 cm³/mol. The molecule has 0 aromatic heterocycles. The third-order valence-corrected chi connectivity index (χ3v) is 9.88. The first-order chi connectivity index (χ1) is 15.9. The number of phenolic OH excluding ortho intramolecular Hbond substituents is 1. The Balaban J connectivity index is 1.46. The number of phenols is 1. The topological polar surface area (TPSA) is 46.5 Å². The van der Waals surface area contributed by atoms with Crippen LogP contribution in [0.25, 0.3) is 0 Å². The Morgan fingerprint density at radius 1 is 1.09 bits per heavy atom. The number of benzene rings is 1. The van der Waals surface area contributed by atoms with Crippen molar-refractivity contribution < 1.29 is 14.6 Å². The first-order valence-corrected chi connectivity index (χ1v) is 14.6. The van der Waals surface area contributed by atoms with E-state index in [1.807, 2.05) is 12.1 Å². The van der Waals surface area contributed by atoms with Gasteiger partial charge in [-0.1, -0.05) is 67.4 Å². The number of alkyl halides is 1. The molecule has 3 nitrogen and oxygen atoms in total. The molecule has 0 spiro atoms. The molecule has 2 saturated carbocycles. The van der Waals surface area contributed by atoms with Gasteiger partial charge in [0.1, 0.15) is 11.9 Å². The van der Waals surface area contributed by atoms with E-state index in [-0.39, 0.29) is 17.5 Å². The fourth-order valence-corrected chi connectivity index (χ4v) is 8.19. The monoisotopic (exact) mass is 518 g/mol. The van der Waals surface area contributed by atoms with Gasteiger partial charge < -0.3 is 9.84 Å². The molecule has 3 aliphatic carbocycles. The Labute approximate surface area is 209 Å². The predicted octanol–water partition coefficient (Wildman–Crippen LogP) is 7.92. The van der Waals surface area contributed by atoms with E-state index in [0.29, 0.717) is 29.4 Å². The van der Waals surface area contributed by atoms with E-state index in [0.717, 1.165) is 24.6 Å². The molecule has 0 amide bonds. The van der Waals surface area contributed by atoms with E-state index in [1.54, 1.807) is 6.92 Å². The van der Waals surface area contributed by atoms with Crippen LogP contribution < -0.4 is 0 Å². The smallest absolute Gasteiger partial charge is 0.302 e. The molecule has 0 heterocycles. The van der Waals surface area contributed by atoms with Crippen molar-refractivity contribution >= 4 is 21.9 Å². The standard InChI is InChI=1S/C29H43BrO3/c1-20(31)33-27-14-13-26-28-21(10-8-6-4-3-5-7-9-17-30)18-22-19-23(32)11-12-24(22)25(28)15-16-29(26,27)2/h11-12,19,21,25-28,32H,3-10,13-18H2,1-2H3/t21?,25-,26-,27?,28+,29-/m0/s1. The number of carbonyl (C=O) groups excluding carboxylic acids is 1. The Bertz CT molecular complexity index is 808. The molecule has 184 valence electrons. The van der Waals surface area contributed by atoms with Crippen LogP contribution in [0.15, 0.2) is 18.2 Å². The van der Waals surface area contributed by atoms with Gasteiger partial charge in [-0.15, -0.1) is 0 Å². The van der Waals surface area contributed by atoms with Crippen LogP contribution in [-0.4, -0.2) is 22.5 Å². The first kappa shape index (κ1) is 25.1. The highest BCUT2D eigenvalue weighted by Crippen LogP contribution is 2.63. The van der Waals surface area contributed by atoms with Gasteiger partial charge in [0.2, 0.25) is 0 Å². The number of carbonyl (C=O) groups is 1. The number of hydrogen-bond acceptors (Lipinski definition) is 3. The van der Waals surface area contributed by atoms with Gasteiger partial charge in [0, 0.05) is 17.7 Å². The highest BCUT2D eigenvalue weighted by Gasteiger charge is 2.57. The van der Waals surface area contributed by atoms with Gasteiger partial charge in [-0.05, 0) is 91.9 Å². The molecule has 4 heteroatoms. The van der Waals surface area contributed by atoms with Crippen molar-refractivity contribution in [3.05, 3.63) is 29.3 Å². The summed E-state index contributed by atoms with van der Waals surface area (Å²) in [5.41, 5.74) is 2.99. The third-order valence-electron chi connectivity index (χ3n) is 9.31. The van der Waals surface area contributed by atoms with Crippen LogP contribution in [0.1, 0.15) is 108 Å². The molecule has 33 heavy (non-hydrogen) atoms. The number of unbranched alkanes of at least 4 members (excludes halogenated alkanes) is 6. The Morgan fingerprint density at radius 2 is 1.82 bits per heavy atom. The van der Waals surface area contributed by atoms with Crippen molar-refractivity contribution in [2.45, 2.75) is 109 Å². The van der Waals surface area contributed by atoms with Crippen molar-refractivity contribution in [1.29, 1.82) is 0 Å². The second-order valence-electron chi connectivity index (χ2n) is 11.3. The maximum atomic E-state index is 11.8. The molecular formula is C29H43BrO3. The molecule has 1 N–H and O–H groups in total. The van der Waals surface area contributed by atoms with Gasteiger partial charge in [-0.2, -0.15) is 0 Å². The molecular weight excluding hydrogens is 476 g/mol. The van der Waals surface area contributed by atoms with E-state index in [9.17, 15) is 9.90 Å². The summed E-state index contributed by atoms with van der Waals surface area (Å²) in [6.45, 7) is 3.97. The van der Waals surface area contributed by atoms with E-state index in [1.165, 1.54) is 75.3 Å². The number of aromatic hydroxyl groups is 1. The molecule has 1 aromatic carbocycles. The molecule has 3 aliphatic rings. The van der Waals surface area contributed by atoms with Gasteiger partial charge >= 0.3 is 5.97 Å². The minimum Gasteiger partial charge on any atom is -0.508 e. The van der Waals surface area contributed by atoms with Crippen molar-refractivity contribution in [1.82, 2.24) is 0 Å². The van der Waals surface area contributed by atoms with E-state index in [2.05, 4.69) is 28.9 Å². The molecule has 0 aliphatic heterocycles. The van der Waals surface area contributed by atoms with Crippen LogP contribution in [0.4, 0.5) is 0 Å². The van der Waals surface area contributed by atoms with E-state index < -0.39 is 0 Å². The SMILES string of the molecule is CC(=O)OC1CC[C@H]2[C@@H]3C(CCCCCCCCCBr)Cc4cc(O)ccc4[C@@H]3CC[C@]12C. The Kier molecular flexibility index (Phi) is 8.46. The number of esters is 1. The van der Waals surface area contributed by atoms with E-state index >= 15 is 0 Å². The molecule has 6 atom stereocenters. The lowest BCUT2D eigenvalue weighted by Crippen LogP contribution is -2.48. The minimum absolute atomic E-state index is 0.0855. The number of hydrogen-bond donors (Lipinski definition) is 1. The Hall–Kier alpha value is -1.03. The summed E-state index contributed by atoms with van der Waals surface area (Å²) < 4.78 is 5.86. The molecule has 2 fully saturated rings. The zero-order valence-corrected chi connectivity index (χ0v) is 22.2. The number of rotatable bonds is 10. The maximum Gasteiger partial charge on any atom is 0.302 e. The molecule has 0 radical (unpaired) electrons. The van der Waals surface area contributed by atoms with Crippen LogP contribution in [0.5, 0.6) is 5.75 Å². The first-order valence-electron chi connectivity index (χ1n) is 13.5. The minimum atomic E-state index is -0.124. The van der Waals surface area contributed by atoms with Crippen molar-refractivity contribution in [2.24, 2.45) is 23.2 Å². The molecule has 0 bridgehead atoms. The average Bonchev–Trinajstić information content (AvgIpc) is 3.10. The fraction of sp³-hybridized carbons (Fsp3) is 0.759. The highest BCUT2D eigenvalue weighted by atomic mass is 79.9. The lowest BCUT2D eigenvalue weighted by molar-refractivity contribution is -0.155. The number of halogens is 1. The normalized spacial score (nSPS) is 32.6. The quantitative estimate of drug-likeness (QED) is 0.194. The zero-order valence-electron chi connectivity index (χ0n) is 20.7. The molecule has 1 aromatic rings. The fourth-order valence-electron chi connectivity index (χ4n) is 7.79. The third kappa shape index (κ3) is 5.46. The van der Waals surface area contributed by atoms with Crippen molar-refractivity contribution in [3.63, 3.8) is 0 Å². The highest BCUT2D eigenvalue weighted by molar-refractivity contribution is 9.09. The maximum absolute atomic E-state index is 11.8. The summed E-state index contributed by atoms with van der Waals surface area (Å²) in [5, 5.41) is 11.3. The summed E-state index contributed by atoms with van der Waals surface area (Å²) in [7, 11) is 0. The van der Waals surface area contributed by atoms with Crippen molar-refractivity contribution in [2.75, 3.05) is 5.33 Å². The number of ether oxygens (including phenoxy) is 1. The van der Waals surface area contributed by atoms with Crippen molar-refractivity contribution in [3.8, 4) is 5.75 Å². The average molecular weight is 520 g/mol. The largest absolute Gasteiger partial charge is 0.508 e.